The van der Waals surface area contributed by atoms with Gasteiger partial charge in [-0.3, -0.25) is 29.6 Å². The van der Waals surface area contributed by atoms with Gasteiger partial charge in [-0.05, 0) is 49.7 Å². The van der Waals surface area contributed by atoms with Gasteiger partial charge in [0.25, 0.3) is 11.6 Å². The molecular weight excluding hydrogens is 458 g/mol. The molecule has 0 aliphatic carbocycles. The Bertz CT molecular complexity index is 1360. The lowest BCUT2D eigenvalue weighted by Crippen LogP contribution is -2.31. The number of pyridine rings is 1. The third kappa shape index (κ3) is 4.48. The fourth-order valence-electron chi connectivity index (χ4n) is 4.71. The van der Waals surface area contributed by atoms with E-state index in [9.17, 15) is 19.7 Å². The van der Waals surface area contributed by atoms with Crippen molar-refractivity contribution >= 4 is 40.1 Å². The molecule has 2 aliphatic rings. The van der Waals surface area contributed by atoms with Crippen molar-refractivity contribution in [1.29, 1.82) is 0 Å². The van der Waals surface area contributed by atoms with E-state index in [-0.39, 0.29) is 16.9 Å². The number of benzene rings is 2. The number of hydrogen-bond donors (Lipinski definition) is 1. The van der Waals surface area contributed by atoms with Crippen molar-refractivity contribution in [3.05, 3.63) is 93.8 Å². The van der Waals surface area contributed by atoms with Gasteiger partial charge in [0, 0.05) is 31.2 Å². The first kappa shape index (κ1) is 23.4. The fraction of sp³-hybridized carbons (Fsp3) is 0.222. The number of nitrogens with one attached hydrogen (secondary N) is 1. The highest BCUT2D eigenvalue weighted by Gasteiger charge is 2.38. The van der Waals surface area contributed by atoms with E-state index >= 15 is 0 Å². The number of hydrogen-bond acceptors (Lipinski definition) is 7. The van der Waals surface area contributed by atoms with Crippen molar-refractivity contribution in [1.82, 2.24) is 9.88 Å². The second-order valence-electron chi connectivity index (χ2n) is 8.88. The average molecular weight is 484 g/mol. The normalized spacial score (nSPS) is 16.7. The number of fused-ring (bicyclic) bond motifs is 1. The van der Waals surface area contributed by atoms with Crippen LogP contribution in [0.25, 0.3) is 11.3 Å². The van der Waals surface area contributed by atoms with Crippen molar-refractivity contribution in [3.8, 4) is 0 Å². The van der Waals surface area contributed by atoms with Gasteiger partial charge in [-0.25, -0.2) is 4.90 Å². The largest absolute Gasteiger partial charge is 0.353 e. The van der Waals surface area contributed by atoms with Crippen molar-refractivity contribution < 1.29 is 14.5 Å². The predicted molar refractivity (Wildman–Crippen MR) is 137 cm³/mol. The first-order chi connectivity index (χ1) is 17.4. The molecule has 0 spiro atoms. The number of nitro benzene ring substituents is 1. The third-order valence-electron chi connectivity index (χ3n) is 6.43. The Morgan fingerprint density at radius 3 is 2.47 bits per heavy atom. The monoisotopic (exact) mass is 483 g/mol. The average Bonchev–Trinajstić information content (AvgIpc) is 3.49. The zero-order chi connectivity index (χ0) is 25.2. The van der Waals surface area contributed by atoms with Gasteiger partial charge in [0.05, 0.1) is 39.5 Å². The molecular formula is C27H25N5O4. The molecule has 9 heteroatoms. The van der Waals surface area contributed by atoms with Crippen molar-refractivity contribution in [2.45, 2.75) is 26.3 Å². The van der Waals surface area contributed by atoms with E-state index in [2.05, 4.69) is 15.2 Å². The lowest BCUT2D eigenvalue weighted by Gasteiger charge is -2.17. The maximum atomic E-state index is 13.6. The number of carbonyl (C=O) groups excluding carboxylic acids is 2. The first-order valence-corrected chi connectivity index (χ1v) is 11.8. The molecule has 0 bridgehead atoms. The molecule has 5 rings (SSSR count). The minimum absolute atomic E-state index is 0.193. The highest BCUT2D eigenvalue weighted by atomic mass is 16.6. The number of amides is 2. The van der Waals surface area contributed by atoms with Gasteiger partial charge in [0.15, 0.2) is 0 Å². The van der Waals surface area contributed by atoms with E-state index < -0.39 is 16.7 Å². The number of aromatic nitrogens is 1. The maximum Gasteiger partial charge on any atom is 0.271 e. The quantitative estimate of drug-likeness (QED) is 0.313. The molecule has 1 fully saturated rings. The highest BCUT2D eigenvalue weighted by Crippen LogP contribution is 2.42. The van der Waals surface area contributed by atoms with Gasteiger partial charge in [0.1, 0.15) is 0 Å². The molecule has 2 aromatic carbocycles. The zero-order valence-corrected chi connectivity index (χ0v) is 19.8. The van der Waals surface area contributed by atoms with Crippen LogP contribution in [0.3, 0.4) is 0 Å². The van der Waals surface area contributed by atoms with Gasteiger partial charge in [-0.15, -0.1) is 0 Å². The van der Waals surface area contributed by atoms with Gasteiger partial charge in [0.2, 0.25) is 5.91 Å². The number of anilines is 2. The van der Waals surface area contributed by atoms with Crippen LogP contribution >= 0.6 is 0 Å². The van der Waals surface area contributed by atoms with Crippen LogP contribution in [0, 0.1) is 10.1 Å². The summed E-state index contributed by atoms with van der Waals surface area (Å²) in [5.74, 6) is -1.06. The van der Waals surface area contributed by atoms with Crippen LogP contribution in [0.15, 0.2) is 66.9 Å². The summed E-state index contributed by atoms with van der Waals surface area (Å²) in [6.45, 7) is 4.23. The standard InChI is InChI=1S/C27H25N5O4/c1-18(33)31-24-15-22(32(35)36)11-12-23(24)25(27(31)34)26(19-7-3-2-4-8-19)29-20-9-10-21(28-16-20)17-30-13-5-6-14-30/h2-4,7-12,15-16,29H,5-6,13-14,17H2,1H3/b26-25-. The number of nitrogens with zero attached hydrogens (tertiary/aromatic N) is 4. The van der Waals surface area contributed by atoms with Crippen LogP contribution in [0.4, 0.5) is 17.1 Å². The summed E-state index contributed by atoms with van der Waals surface area (Å²) < 4.78 is 0. The summed E-state index contributed by atoms with van der Waals surface area (Å²) in [6, 6.07) is 17.3. The molecule has 1 saturated heterocycles. The molecule has 3 aromatic rings. The molecule has 36 heavy (non-hydrogen) atoms. The summed E-state index contributed by atoms with van der Waals surface area (Å²) in [4.78, 5) is 44.7. The zero-order valence-electron chi connectivity index (χ0n) is 19.8. The lowest BCUT2D eigenvalue weighted by atomic mass is 10.00. The van der Waals surface area contributed by atoms with Gasteiger partial charge in [-0.1, -0.05) is 30.3 Å². The lowest BCUT2D eigenvalue weighted by molar-refractivity contribution is -0.384. The van der Waals surface area contributed by atoms with Crippen LogP contribution < -0.4 is 10.2 Å². The molecule has 3 heterocycles. The number of carbonyl (C=O) groups is 2. The van der Waals surface area contributed by atoms with Crippen LogP contribution in [-0.2, 0) is 16.1 Å². The second kappa shape index (κ2) is 9.71. The van der Waals surface area contributed by atoms with Crippen LogP contribution in [0.5, 0.6) is 0 Å². The molecule has 2 aliphatic heterocycles. The minimum atomic E-state index is -0.545. The molecule has 0 saturated carbocycles. The molecule has 9 nitrogen and oxygen atoms in total. The molecule has 182 valence electrons. The Balaban J connectivity index is 1.58. The minimum Gasteiger partial charge on any atom is -0.353 e. The van der Waals surface area contributed by atoms with Crippen molar-refractivity contribution in [2.24, 2.45) is 0 Å². The Morgan fingerprint density at radius 2 is 1.83 bits per heavy atom. The third-order valence-corrected chi connectivity index (χ3v) is 6.43. The molecule has 0 unspecified atom stereocenters. The molecule has 0 atom stereocenters. The van der Waals surface area contributed by atoms with E-state index in [1.54, 1.807) is 6.20 Å². The maximum absolute atomic E-state index is 13.6. The van der Waals surface area contributed by atoms with Crippen LogP contribution in [-0.4, -0.2) is 39.7 Å². The van der Waals surface area contributed by atoms with E-state index in [0.717, 1.165) is 35.8 Å². The van der Waals surface area contributed by atoms with E-state index in [1.165, 1.54) is 38.0 Å². The number of imide groups is 1. The Morgan fingerprint density at radius 1 is 1.08 bits per heavy atom. The molecule has 1 aromatic heterocycles. The fourth-order valence-corrected chi connectivity index (χ4v) is 4.71. The Kier molecular flexibility index (Phi) is 6.30. The summed E-state index contributed by atoms with van der Waals surface area (Å²) in [7, 11) is 0. The summed E-state index contributed by atoms with van der Waals surface area (Å²) >= 11 is 0. The van der Waals surface area contributed by atoms with E-state index in [1.807, 2.05) is 42.5 Å². The van der Waals surface area contributed by atoms with Crippen LogP contribution in [0.2, 0.25) is 0 Å². The van der Waals surface area contributed by atoms with E-state index in [0.29, 0.717) is 16.9 Å². The Hall–Kier alpha value is -4.37. The molecule has 2 amide bonds. The second-order valence-corrected chi connectivity index (χ2v) is 8.88. The van der Waals surface area contributed by atoms with E-state index in [4.69, 9.17) is 0 Å². The van der Waals surface area contributed by atoms with Crippen LogP contribution in [0.1, 0.15) is 36.6 Å². The number of likely N-dealkylation sites (tertiary alicyclic amines) is 1. The number of rotatable bonds is 6. The van der Waals surface area contributed by atoms with Crippen molar-refractivity contribution in [3.63, 3.8) is 0 Å². The molecule has 1 N–H and O–H groups in total. The summed E-state index contributed by atoms with van der Waals surface area (Å²) in [5.41, 5.74) is 3.60. The van der Waals surface area contributed by atoms with Gasteiger partial charge >= 0.3 is 0 Å². The predicted octanol–water partition coefficient (Wildman–Crippen LogP) is 4.46. The Labute approximate surface area is 208 Å². The van der Waals surface area contributed by atoms with Gasteiger partial charge in [-0.2, -0.15) is 0 Å². The molecule has 0 radical (unpaired) electrons. The number of non-ortho nitro benzene ring substituents is 1. The highest BCUT2D eigenvalue weighted by molar-refractivity contribution is 6.43. The first-order valence-electron chi connectivity index (χ1n) is 11.8. The summed E-state index contributed by atoms with van der Waals surface area (Å²) in [6.07, 6.45) is 4.15. The SMILES string of the molecule is CC(=O)N1C(=O)/C(=C(\Nc2ccc(CN3CCCC3)nc2)c2ccccc2)c2ccc([N+](=O)[O-])cc21. The summed E-state index contributed by atoms with van der Waals surface area (Å²) in [5, 5.41) is 14.7. The topological polar surface area (TPSA) is 109 Å². The van der Waals surface area contributed by atoms with Gasteiger partial charge < -0.3 is 5.32 Å². The van der Waals surface area contributed by atoms with Crippen molar-refractivity contribution in [2.75, 3.05) is 23.3 Å². The smallest absolute Gasteiger partial charge is 0.271 e. The number of nitro groups is 1.